The Morgan fingerprint density at radius 3 is 2.78 bits per heavy atom. The van der Waals surface area contributed by atoms with Gasteiger partial charge < -0.3 is 18.9 Å². The van der Waals surface area contributed by atoms with Crippen LogP contribution >= 0.6 is 0 Å². The summed E-state index contributed by atoms with van der Waals surface area (Å²) < 4.78 is 73.7. The zero-order valence-electron chi connectivity index (χ0n) is 14.9. The maximum Gasteiger partial charge on any atom is 0.411 e. The summed E-state index contributed by atoms with van der Waals surface area (Å²) in [6.07, 6.45) is -7.55. The van der Waals surface area contributed by atoms with Crippen molar-refractivity contribution < 1.29 is 39.7 Å². The zero-order chi connectivity index (χ0) is 18.7. The van der Waals surface area contributed by atoms with E-state index >= 15 is 0 Å². The number of ketones is 1. The van der Waals surface area contributed by atoms with Crippen LogP contribution in [0.2, 0.25) is 0 Å². The quantitative estimate of drug-likeness (QED) is 0.546. The van der Waals surface area contributed by atoms with Gasteiger partial charge in [-0.3, -0.25) is 4.79 Å². The second-order valence-corrected chi connectivity index (χ2v) is 6.37. The van der Waals surface area contributed by atoms with Gasteiger partial charge in [0.1, 0.15) is 23.9 Å². The van der Waals surface area contributed by atoms with E-state index in [4.69, 9.17) is 17.0 Å². The second-order valence-electron chi connectivity index (χ2n) is 6.37. The van der Waals surface area contributed by atoms with E-state index in [1.807, 2.05) is 0 Å². The number of hydrogen-bond acceptors (Lipinski definition) is 5. The third-order valence-corrected chi connectivity index (χ3v) is 4.74. The van der Waals surface area contributed by atoms with Crippen LogP contribution in [0.4, 0.5) is 13.2 Å². The van der Waals surface area contributed by atoms with Crippen LogP contribution in [0.15, 0.2) is 0 Å². The van der Waals surface area contributed by atoms with Crippen LogP contribution in [0.25, 0.3) is 0 Å². The molecule has 8 heteroatoms. The van der Waals surface area contributed by atoms with Crippen LogP contribution in [0.1, 0.15) is 28.9 Å². The Morgan fingerprint density at radius 2 is 2.22 bits per heavy atom. The average Bonchev–Trinajstić information content (AvgIpc) is 3.40. The summed E-state index contributed by atoms with van der Waals surface area (Å²) in [5.74, 6) is -1.40. The molecule has 3 rings (SSSR count). The average molecular weight is 340 g/mol. The molecular weight excluding hydrogens is 317 g/mol. The lowest BCUT2D eigenvalue weighted by Gasteiger charge is -2.37. The fraction of sp³-hybridized carbons (Fsp3) is 0.933. The number of methoxy groups -OCH3 is 1. The normalized spacial score (nSPS) is 50.7. The molecule has 132 valence electrons. The largest absolute Gasteiger partial charge is 0.411 e. The molecule has 0 amide bonds. The van der Waals surface area contributed by atoms with Crippen molar-refractivity contribution in [2.75, 3.05) is 26.9 Å². The van der Waals surface area contributed by atoms with Crippen molar-refractivity contribution in [2.24, 2.45) is 5.92 Å². The predicted molar refractivity (Wildman–Crippen MR) is 72.0 cm³/mol. The third-order valence-electron chi connectivity index (χ3n) is 4.74. The number of carbonyl (C=O) groups is 1. The van der Waals surface area contributed by atoms with E-state index in [2.05, 4.69) is 4.74 Å². The number of alkyl halides is 3. The lowest BCUT2D eigenvalue weighted by molar-refractivity contribution is -0.174. The summed E-state index contributed by atoms with van der Waals surface area (Å²) in [4.78, 5) is 12.4. The second kappa shape index (κ2) is 5.68. The topological polar surface area (TPSA) is 60.6 Å². The number of ether oxygens (including phenoxy) is 4. The van der Waals surface area contributed by atoms with E-state index in [1.54, 1.807) is 6.92 Å². The Kier molecular flexibility index (Phi) is 3.61. The SMILES string of the molecule is [2H]C1C[C@]2(CO2)[C@@H]([C@@]2(C)O[C@@H]2CCOCC(F)(F)F)[C@]([2H])(OC)C1=O. The highest BCUT2D eigenvalue weighted by Gasteiger charge is 2.71. The molecule has 3 aliphatic rings. The minimum Gasteiger partial charge on any atom is -0.373 e. The Hall–Kier alpha value is -0.700. The van der Waals surface area contributed by atoms with Crippen LogP contribution < -0.4 is 0 Å². The molecule has 0 aromatic rings. The van der Waals surface area contributed by atoms with Gasteiger partial charge in [-0.1, -0.05) is 0 Å². The van der Waals surface area contributed by atoms with Gasteiger partial charge >= 0.3 is 6.18 Å². The van der Waals surface area contributed by atoms with Crippen molar-refractivity contribution in [1.29, 1.82) is 0 Å². The van der Waals surface area contributed by atoms with E-state index in [-0.39, 0.29) is 19.4 Å². The van der Waals surface area contributed by atoms with Crippen LogP contribution in [0, 0.1) is 5.92 Å². The van der Waals surface area contributed by atoms with Gasteiger partial charge in [0.15, 0.2) is 5.78 Å². The summed E-state index contributed by atoms with van der Waals surface area (Å²) >= 11 is 0. The molecule has 1 saturated carbocycles. The maximum absolute atomic E-state index is 12.4. The number of halogens is 3. The fourth-order valence-electron chi connectivity index (χ4n) is 3.49. The molecule has 1 unspecified atom stereocenters. The van der Waals surface area contributed by atoms with E-state index < -0.39 is 54.3 Å². The smallest absolute Gasteiger partial charge is 0.373 e. The standard InChI is InChI=1S/C15H21F3O5/c1-13(10(23-13)4-6-21-8-15(16,17)18)12-11(20-2)9(19)3-5-14(12)7-22-14/h10-12H,3-8H2,1-2H3/t10-,11-,12-,13+,14+/m1/s1/i3D,11D/t3?,10-,11-,12-,13+,14+. The van der Waals surface area contributed by atoms with Gasteiger partial charge in [0.2, 0.25) is 0 Å². The van der Waals surface area contributed by atoms with Gasteiger partial charge in [-0.25, -0.2) is 0 Å². The first kappa shape index (κ1) is 14.6. The number of hydrogen-bond donors (Lipinski definition) is 0. The summed E-state index contributed by atoms with van der Waals surface area (Å²) in [5.41, 5.74) is -1.76. The Balaban J connectivity index is 1.68. The maximum atomic E-state index is 12.4. The van der Waals surface area contributed by atoms with Gasteiger partial charge in [-0.2, -0.15) is 13.2 Å². The molecule has 0 radical (unpaired) electrons. The van der Waals surface area contributed by atoms with Crippen LogP contribution in [0.3, 0.4) is 0 Å². The monoisotopic (exact) mass is 340 g/mol. The molecule has 2 aliphatic heterocycles. The fourth-order valence-corrected chi connectivity index (χ4v) is 3.49. The summed E-state index contributed by atoms with van der Waals surface area (Å²) in [6, 6.07) is 0. The minimum atomic E-state index is -4.38. The number of carbonyl (C=O) groups excluding carboxylic acids is 1. The van der Waals surface area contributed by atoms with Crippen molar-refractivity contribution in [3.05, 3.63) is 0 Å². The molecule has 2 heterocycles. The molecule has 6 atom stereocenters. The first-order valence-electron chi connectivity index (χ1n) is 8.54. The molecule has 5 nitrogen and oxygen atoms in total. The molecular formula is C15H21F3O5. The van der Waals surface area contributed by atoms with Gasteiger partial charge in [0.05, 0.1) is 20.0 Å². The molecule has 1 spiro atoms. The lowest BCUT2D eigenvalue weighted by Crippen LogP contribution is -2.53. The number of Topliss-reactive ketones (excluding diaryl/α,β-unsaturated/α-hetero) is 1. The zero-order valence-corrected chi connectivity index (χ0v) is 12.9. The highest BCUT2D eigenvalue weighted by Crippen LogP contribution is 2.58. The van der Waals surface area contributed by atoms with E-state index in [0.717, 1.165) is 0 Å². The lowest BCUT2D eigenvalue weighted by atomic mass is 9.69. The van der Waals surface area contributed by atoms with Gasteiger partial charge in [0, 0.05) is 21.5 Å². The van der Waals surface area contributed by atoms with Crippen molar-refractivity contribution in [2.45, 2.75) is 55.7 Å². The molecule has 0 aromatic heterocycles. The minimum absolute atomic E-state index is 0.145. The van der Waals surface area contributed by atoms with Crippen molar-refractivity contribution >= 4 is 5.78 Å². The molecule has 0 N–H and O–H groups in total. The molecule has 3 fully saturated rings. The third kappa shape index (κ3) is 3.26. The molecule has 23 heavy (non-hydrogen) atoms. The van der Waals surface area contributed by atoms with Crippen LogP contribution in [-0.2, 0) is 23.7 Å². The van der Waals surface area contributed by atoms with E-state index in [1.165, 1.54) is 7.11 Å². The Labute approximate surface area is 135 Å². The van der Waals surface area contributed by atoms with Crippen molar-refractivity contribution in [3.8, 4) is 0 Å². The molecule has 2 saturated heterocycles. The van der Waals surface area contributed by atoms with Gasteiger partial charge in [-0.05, 0) is 19.8 Å². The van der Waals surface area contributed by atoms with E-state index in [9.17, 15) is 18.0 Å². The predicted octanol–water partition coefficient (Wildman–Crippen LogP) is 1.88. The summed E-state index contributed by atoms with van der Waals surface area (Å²) in [7, 11) is 1.24. The number of epoxide rings is 2. The first-order chi connectivity index (χ1) is 11.5. The van der Waals surface area contributed by atoms with Crippen LogP contribution in [-0.4, -0.2) is 62.3 Å². The Bertz CT molecular complexity index is 556. The molecule has 1 aliphatic carbocycles. The molecule has 0 bridgehead atoms. The van der Waals surface area contributed by atoms with Crippen molar-refractivity contribution in [1.82, 2.24) is 0 Å². The van der Waals surface area contributed by atoms with Gasteiger partial charge in [-0.15, -0.1) is 0 Å². The summed E-state index contributed by atoms with van der Waals surface area (Å²) in [5, 5.41) is 0. The highest BCUT2D eigenvalue weighted by atomic mass is 19.4. The van der Waals surface area contributed by atoms with Crippen LogP contribution in [0.5, 0.6) is 0 Å². The van der Waals surface area contributed by atoms with Gasteiger partial charge in [0.25, 0.3) is 0 Å². The van der Waals surface area contributed by atoms with E-state index in [0.29, 0.717) is 6.61 Å². The molecule has 0 aromatic carbocycles. The number of rotatable bonds is 6. The van der Waals surface area contributed by atoms with Crippen molar-refractivity contribution in [3.63, 3.8) is 0 Å². The Morgan fingerprint density at radius 1 is 1.52 bits per heavy atom. The summed E-state index contributed by atoms with van der Waals surface area (Å²) in [6.45, 7) is 0.537. The first-order valence-corrected chi connectivity index (χ1v) is 7.46. The highest BCUT2D eigenvalue weighted by molar-refractivity contribution is 5.85.